The predicted octanol–water partition coefficient (Wildman–Crippen LogP) is 1.09. The number of likely N-dealkylation sites (tertiary alicyclic amines) is 2. The van der Waals surface area contributed by atoms with Crippen LogP contribution < -0.4 is 0 Å². The van der Waals surface area contributed by atoms with Gasteiger partial charge in [-0.05, 0) is 52.9 Å². The lowest BCUT2D eigenvalue weighted by molar-refractivity contribution is -0.129. The van der Waals surface area contributed by atoms with Gasteiger partial charge in [0.2, 0.25) is 0 Å². The minimum absolute atomic E-state index is 0.0434. The zero-order valence-electron chi connectivity index (χ0n) is 11.5. The number of rotatable bonds is 3. The zero-order chi connectivity index (χ0) is 13.1. The summed E-state index contributed by atoms with van der Waals surface area (Å²) >= 11 is 0. The number of likely N-dealkylation sites (N-methyl/N-ethyl adjacent to an activating group) is 2. The van der Waals surface area contributed by atoms with Crippen LogP contribution in [-0.2, 0) is 9.59 Å². The fourth-order valence-electron chi connectivity index (χ4n) is 3.22. The van der Waals surface area contributed by atoms with Crippen molar-refractivity contribution >= 4 is 11.6 Å². The van der Waals surface area contributed by atoms with Crippen molar-refractivity contribution in [3.8, 4) is 0 Å². The van der Waals surface area contributed by atoms with Gasteiger partial charge in [-0.25, -0.2) is 0 Å². The number of ketones is 2. The van der Waals surface area contributed by atoms with E-state index in [1.54, 1.807) is 0 Å². The van der Waals surface area contributed by atoms with Crippen LogP contribution in [0.1, 0.15) is 38.5 Å². The van der Waals surface area contributed by atoms with Gasteiger partial charge in [0.15, 0.2) is 0 Å². The molecule has 0 N–H and O–H groups in total. The number of carbonyl (C=O) groups excluding carboxylic acids is 2. The van der Waals surface area contributed by atoms with Gasteiger partial charge in [0.05, 0.1) is 12.1 Å². The Morgan fingerprint density at radius 1 is 0.889 bits per heavy atom. The monoisotopic (exact) mass is 252 g/mol. The summed E-state index contributed by atoms with van der Waals surface area (Å²) in [6, 6.07) is 0.0868. The van der Waals surface area contributed by atoms with Crippen LogP contribution >= 0.6 is 0 Å². The van der Waals surface area contributed by atoms with Gasteiger partial charge >= 0.3 is 0 Å². The third kappa shape index (κ3) is 2.98. The molecule has 0 aromatic rings. The van der Waals surface area contributed by atoms with Crippen molar-refractivity contribution in [2.45, 2.75) is 50.6 Å². The van der Waals surface area contributed by atoms with Gasteiger partial charge in [0, 0.05) is 12.8 Å². The average Bonchev–Trinajstić information content (AvgIpc) is 2.31. The van der Waals surface area contributed by atoms with Crippen molar-refractivity contribution in [1.29, 1.82) is 0 Å². The van der Waals surface area contributed by atoms with Crippen LogP contribution in [0.15, 0.2) is 0 Å². The highest BCUT2D eigenvalue weighted by Crippen LogP contribution is 2.21. The fourth-order valence-corrected chi connectivity index (χ4v) is 3.22. The van der Waals surface area contributed by atoms with Gasteiger partial charge < -0.3 is 0 Å². The smallest absolute Gasteiger partial charge is 0.150 e. The van der Waals surface area contributed by atoms with Gasteiger partial charge in [-0.3, -0.25) is 19.4 Å². The molecule has 2 fully saturated rings. The van der Waals surface area contributed by atoms with Crippen LogP contribution in [0.4, 0.5) is 0 Å². The Morgan fingerprint density at radius 3 is 1.61 bits per heavy atom. The lowest BCUT2D eigenvalue weighted by Gasteiger charge is -2.35. The standard InChI is InChI=1S/C14H24N2O2/c1-15-9-3-5-13(17)11(15)7-8-12-14(18)6-4-10-16(12)2/h11-12H,3-10H2,1-2H3. The molecular weight excluding hydrogens is 228 g/mol. The van der Waals surface area contributed by atoms with Gasteiger partial charge in [-0.15, -0.1) is 0 Å². The second-order valence-electron chi connectivity index (χ2n) is 5.71. The minimum Gasteiger partial charge on any atom is -0.298 e. The Hall–Kier alpha value is -0.740. The Balaban J connectivity index is 1.89. The van der Waals surface area contributed by atoms with Crippen LogP contribution in [0.5, 0.6) is 0 Å². The molecular formula is C14H24N2O2. The highest BCUT2D eigenvalue weighted by Gasteiger charge is 2.31. The summed E-state index contributed by atoms with van der Waals surface area (Å²) < 4.78 is 0. The SMILES string of the molecule is CN1CCCC(=O)C1CCC1C(=O)CCCN1C. The third-order valence-electron chi connectivity index (χ3n) is 4.39. The summed E-state index contributed by atoms with van der Waals surface area (Å²) in [5, 5.41) is 0. The minimum atomic E-state index is 0.0434. The normalized spacial score (nSPS) is 31.9. The van der Waals surface area contributed by atoms with E-state index < -0.39 is 0 Å². The molecule has 18 heavy (non-hydrogen) atoms. The molecule has 2 unspecified atom stereocenters. The van der Waals surface area contributed by atoms with E-state index in [0.717, 1.165) is 38.8 Å². The summed E-state index contributed by atoms with van der Waals surface area (Å²) in [7, 11) is 4.04. The lowest BCUT2D eigenvalue weighted by atomic mass is 9.91. The van der Waals surface area contributed by atoms with Crippen molar-refractivity contribution in [2.75, 3.05) is 27.2 Å². The Bertz CT molecular complexity index is 298. The van der Waals surface area contributed by atoms with E-state index in [1.165, 1.54) is 0 Å². The summed E-state index contributed by atoms with van der Waals surface area (Å²) in [6.07, 6.45) is 5.04. The topological polar surface area (TPSA) is 40.6 Å². The molecule has 0 aromatic carbocycles. The summed E-state index contributed by atoms with van der Waals surface area (Å²) in [5.74, 6) is 0.712. The second-order valence-corrected chi connectivity index (χ2v) is 5.71. The van der Waals surface area contributed by atoms with E-state index in [-0.39, 0.29) is 12.1 Å². The number of hydrogen-bond acceptors (Lipinski definition) is 4. The molecule has 0 saturated carbocycles. The van der Waals surface area contributed by atoms with Crippen molar-refractivity contribution in [2.24, 2.45) is 0 Å². The van der Waals surface area contributed by atoms with Crippen LogP contribution in [0, 0.1) is 0 Å². The van der Waals surface area contributed by atoms with Gasteiger partial charge in [-0.2, -0.15) is 0 Å². The largest absolute Gasteiger partial charge is 0.298 e. The number of nitrogens with zero attached hydrogens (tertiary/aromatic N) is 2. The first-order valence-corrected chi connectivity index (χ1v) is 7.05. The Kier molecular flexibility index (Phi) is 4.51. The van der Waals surface area contributed by atoms with Crippen LogP contribution in [0.2, 0.25) is 0 Å². The first-order chi connectivity index (χ1) is 8.59. The number of carbonyl (C=O) groups is 2. The highest BCUT2D eigenvalue weighted by molar-refractivity contribution is 5.86. The molecule has 2 atom stereocenters. The first kappa shape index (κ1) is 13.7. The predicted molar refractivity (Wildman–Crippen MR) is 70.6 cm³/mol. The van der Waals surface area contributed by atoms with E-state index >= 15 is 0 Å². The van der Waals surface area contributed by atoms with Gasteiger partial charge in [-0.1, -0.05) is 0 Å². The van der Waals surface area contributed by atoms with Crippen molar-refractivity contribution in [1.82, 2.24) is 9.80 Å². The molecule has 0 amide bonds. The van der Waals surface area contributed by atoms with Crippen molar-refractivity contribution in [3.63, 3.8) is 0 Å². The quantitative estimate of drug-likeness (QED) is 0.754. The van der Waals surface area contributed by atoms with E-state index in [2.05, 4.69) is 9.80 Å². The van der Waals surface area contributed by atoms with Crippen molar-refractivity contribution < 1.29 is 9.59 Å². The number of Topliss-reactive ketones (excluding diaryl/α,β-unsaturated/α-hetero) is 2. The average molecular weight is 252 g/mol. The molecule has 102 valence electrons. The van der Waals surface area contributed by atoms with E-state index in [9.17, 15) is 9.59 Å². The van der Waals surface area contributed by atoms with Gasteiger partial charge in [0.25, 0.3) is 0 Å². The van der Waals surface area contributed by atoms with Crippen LogP contribution in [0.3, 0.4) is 0 Å². The molecule has 2 rings (SSSR count). The molecule has 2 saturated heterocycles. The van der Waals surface area contributed by atoms with E-state index in [4.69, 9.17) is 0 Å². The summed E-state index contributed by atoms with van der Waals surface area (Å²) in [4.78, 5) is 28.1. The zero-order valence-corrected chi connectivity index (χ0v) is 11.5. The molecule has 4 heteroatoms. The maximum Gasteiger partial charge on any atom is 0.150 e. The maximum absolute atomic E-state index is 11.9. The fraction of sp³-hybridized carbons (Fsp3) is 0.857. The summed E-state index contributed by atoms with van der Waals surface area (Å²) in [6.45, 7) is 2.01. The van der Waals surface area contributed by atoms with Crippen LogP contribution in [0.25, 0.3) is 0 Å². The number of hydrogen-bond donors (Lipinski definition) is 0. The molecule has 4 nitrogen and oxygen atoms in total. The molecule has 0 aliphatic carbocycles. The molecule has 2 heterocycles. The van der Waals surface area contributed by atoms with Crippen molar-refractivity contribution in [3.05, 3.63) is 0 Å². The Morgan fingerprint density at radius 2 is 1.28 bits per heavy atom. The maximum atomic E-state index is 11.9. The molecule has 0 bridgehead atoms. The molecule has 0 radical (unpaired) electrons. The second kappa shape index (κ2) is 5.93. The number of piperidine rings is 2. The van der Waals surface area contributed by atoms with E-state index in [1.807, 2.05) is 14.1 Å². The van der Waals surface area contributed by atoms with Crippen LogP contribution in [-0.4, -0.2) is 60.6 Å². The van der Waals surface area contributed by atoms with E-state index in [0.29, 0.717) is 24.4 Å². The summed E-state index contributed by atoms with van der Waals surface area (Å²) in [5.41, 5.74) is 0. The molecule has 2 aliphatic heterocycles. The lowest BCUT2D eigenvalue weighted by Crippen LogP contribution is -2.47. The van der Waals surface area contributed by atoms with Gasteiger partial charge in [0.1, 0.15) is 11.6 Å². The Labute approximate surface area is 109 Å². The third-order valence-corrected chi connectivity index (χ3v) is 4.39. The molecule has 2 aliphatic rings. The molecule has 0 spiro atoms. The highest BCUT2D eigenvalue weighted by atomic mass is 16.1. The molecule has 0 aromatic heterocycles. The first-order valence-electron chi connectivity index (χ1n) is 7.05.